The lowest BCUT2D eigenvalue weighted by molar-refractivity contribution is 0.183. The summed E-state index contributed by atoms with van der Waals surface area (Å²) < 4.78 is 17.9. The van der Waals surface area contributed by atoms with E-state index < -0.39 is 6.04 Å². The smallest absolute Gasteiger partial charge is 0.259 e. The molecule has 3 aromatic rings. The van der Waals surface area contributed by atoms with Crippen molar-refractivity contribution in [3.63, 3.8) is 0 Å². The summed E-state index contributed by atoms with van der Waals surface area (Å²) in [4.78, 5) is 22.7. The van der Waals surface area contributed by atoms with E-state index in [1.807, 2.05) is 43.3 Å². The van der Waals surface area contributed by atoms with Crippen molar-refractivity contribution in [2.24, 2.45) is 0 Å². The van der Waals surface area contributed by atoms with Crippen molar-refractivity contribution < 1.29 is 19.3 Å². The summed E-state index contributed by atoms with van der Waals surface area (Å²) in [5.41, 5.74) is 1.64. The molecule has 1 aromatic carbocycles. The van der Waals surface area contributed by atoms with Gasteiger partial charge in [-0.25, -0.2) is 4.98 Å². The van der Waals surface area contributed by atoms with Crippen LogP contribution in [0.25, 0.3) is 0 Å². The van der Waals surface area contributed by atoms with Gasteiger partial charge in [0.15, 0.2) is 11.5 Å². The fourth-order valence-electron chi connectivity index (χ4n) is 4.82. The molecule has 0 amide bonds. The van der Waals surface area contributed by atoms with Gasteiger partial charge in [0.2, 0.25) is 0 Å². The van der Waals surface area contributed by atoms with Gasteiger partial charge in [-0.15, -0.1) is 0 Å². The second kappa shape index (κ2) is 11.5. The van der Waals surface area contributed by atoms with Gasteiger partial charge in [-0.1, -0.05) is 12.1 Å². The van der Waals surface area contributed by atoms with Gasteiger partial charge in [0.1, 0.15) is 11.6 Å². The largest absolute Gasteiger partial charge is 0.507 e. The number of aryl methyl sites for hydroxylation is 1. The van der Waals surface area contributed by atoms with Crippen LogP contribution in [0.2, 0.25) is 0 Å². The molecule has 0 spiro atoms. The first-order valence-electron chi connectivity index (χ1n) is 12.0. The number of anilines is 1. The molecule has 0 saturated carbocycles. The Hall–Kier alpha value is -3.56. The van der Waals surface area contributed by atoms with E-state index in [0.29, 0.717) is 49.0 Å². The van der Waals surface area contributed by atoms with Crippen LogP contribution in [0, 0.1) is 6.92 Å². The average Bonchev–Trinajstić information content (AvgIpc) is 2.91. The van der Waals surface area contributed by atoms with Crippen LogP contribution in [0.3, 0.4) is 0 Å². The minimum Gasteiger partial charge on any atom is -0.507 e. The molecular weight excluding hydrogens is 460 g/mol. The fraction of sp³-hybridized carbons (Fsp3) is 0.407. The quantitative estimate of drug-likeness (QED) is 0.486. The molecule has 0 bridgehead atoms. The van der Waals surface area contributed by atoms with Crippen LogP contribution in [0.4, 0.5) is 5.82 Å². The number of pyridine rings is 2. The monoisotopic (exact) mass is 494 g/mol. The Morgan fingerprint density at radius 2 is 1.75 bits per heavy atom. The molecule has 1 fully saturated rings. The number of aromatic nitrogens is 2. The third-order valence-corrected chi connectivity index (χ3v) is 6.69. The van der Waals surface area contributed by atoms with E-state index in [1.165, 1.54) is 0 Å². The molecule has 0 unspecified atom stereocenters. The maximum absolute atomic E-state index is 13.8. The van der Waals surface area contributed by atoms with Crippen LogP contribution in [-0.2, 0) is 11.3 Å². The Bertz CT molecular complexity index is 1220. The van der Waals surface area contributed by atoms with Crippen LogP contribution >= 0.6 is 0 Å². The number of nitrogens with zero attached hydrogens (tertiary/aromatic N) is 4. The maximum atomic E-state index is 13.8. The van der Waals surface area contributed by atoms with Gasteiger partial charge >= 0.3 is 0 Å². The predicted molar refractivity (Wildman–Crippen MR) is 138 cm³/mol. The third kappa shape index (κ3) is 5.17. The minimum absolute atomic E-state index is 0.0156. The number of ether oxygens (including phenoxy) is 3. The van der Waals surface area contributed by atoms with Gasteiger partial charge in [-0.2, -0.15) is 0 Å². The highest BCUT2D eigenvalue weighted by molar-refractivity contribution is 5.48. The Morgan fingerprint density at radius 1 is 1.00 bits per heavy atom. The zero-order chi connectivity index (χ0) is 25.7. The molecule has 1 N–H and O–H groups in total. The molecule has 1 aliphatic rings. The van der Waals surface area contributed by atoms with E-state index >= 15 is 0 Å². The van der Waals surface area contributed by atoms with E-state index in [0.717, 1.165) is 24.5 Å². The molecule has 36 heavy (non-hydrogen) atoms. The Labute approximate surface area is 211 Å². The molecule has 192 valence electrons. The molecule has 1 aliphatic heterocycles. The van der Waals surface area contributed by atoms with E-state index in [1.54, 1.807) is 38.2 Å². The first kappa shape index (κ1) is 25.5. The number of hydrogen-bond donors (Lipinski definition) is 1. The summed E-state index contributed by atoms with van der Waals surface area (Å²) in [5.74, 6) is 2.09. The highest BCUT2D eigenvalue weighted by Crippen LogP contribution is 2.37. The lowest BCUT2D eigenvalue weighted by Crippen LogP contribution is -2.49. The normalized spacial score (nSPS) is 15.1. The summed E-state index contributed by atoms with van der Waals surface area (Å²) in [7, 11) is 4.78. The lowest BCUT2D eigenvalue weighted by atomic mass is 9.95. The van der Waals surface area contributed by atoms with Crippen molar-refractivity contribution in [3.05, 3.63) is 75.8 Å². The van der Waals surface area contributed by atoms with Gasteiger partial charge in [0.05, 0.1) is 32.4 Å². The van der Waals surface area contributed by atoms with E-state index in [2.05, 4.69) is 14.8 Å². The van der Waals surface area contributed by atoms with Crippen molar-refractivity contribution >= 4 is 5.82 Å². The standard InChI is InChI=1S/C27H34N4O5/c1-19-17-21(32)25(27(33)31(19)15-16-34-2)26(20-8-9-22(35-3)23(18-20)36-4)30-13-11-29(12-14-30)24-7-5-6-10-28-24/h5-10,17-18,26,32H,11-16H2,1-4H3/t26-/m0/s1. The molecular formula is C27H34N4O5. The van der Waals surface area contributed by atoms with E-state index in [-0.39, 0.29) is 11.3 Å². The van der Waals surface area contributed by atoms with E-state index in [4.69, 9.17) is 14.2 Å². The van der Waals surface area contributed by atoms with Crippen molar-refractivity contribution in [3.8, 4) is 17.2 Å². The number of aromatic hydroxyl groups is 1. The topological polar surface area (TPSA) is 89.3 Å². The minimum atomic E-state index is -0.474. The first-order valence-corrected chi connectivity index (χ1v) is 12.0. The van der Waals surface area contributed by atoms with Crippen LogP contribution in [0.5, 0.6) is 17.2 Å². The van der Waals surface area contributed by atoms with E-state index in [9.17, 15) is 9.90 Å². The van der Waals surface area contributed by atoms with Crippen LogP contribution < -0.4 is 19.9 Å². The second-order valence-corrected chi connectivity index (χ2v) is 8.76. The summed E-state index contributed by atoms with van der Waals surface area (Å²) in [5, 5.41) is 11.1. The number of methoxy groups -OCH3 is 3. The van der Waals surface area contributed by atoms with Crippen LogP contribution in [0.15, 0.2) is 53.5 Å². The molecule has 2 aromatic heterocycles. The van der Waals surface area contributed by atoms with Gasteiger partial charge in [-0.05, 0) is 42.8 Å². The molecule has 0 aliphatic carbocycles. The summed E-state index contributed by atoms with van der Waals surface area (Å²) in [6, 6.07) is 12.7. The molecule has 1 saturated heterocycles. The van der Waals surface area contributed by atoms with Crippen molar-refractivity contribution in [2.75, 3.05) is 59.0 Å². The zero-order valence-electron chi connectivity index (χ0n) is 21.3. The summed E-state index contributed by atoms with van der Waals surface area (Å²) in [6.45, 7) is 5.46. The predicted octanol–water partition coefficient (Wildman–Crippen LogP) is 2.83. The number of piperazine rings is 1. The van der Waals surface area contributed by atoms with Gasteiger partial charge in [0, 0.05) is 51.7 Å². The summed E-state index contributed by atoms with van der Waals surface area (Å²) in [6.07, 6.45) is 1.79. The third-order valence-electron chi connectivity index (χ3n) is 6.69. The van der Waals surface area contributed by atoms with Crippen LogP contribution in [0.1, 0.15) is 22.9 Å². The Kier molecular flexibility index (Phi) is 8.12. The maximum Gasteiger partial charge on any atom is 0.259 e. The lowest BCUT2D eigenvalue weighted by Gasteiger charge is -2.40. The number of hydrogen-bond acceptors (Lipinski definition) is 8. The molecule has 1 atom stereocenters. The first-order chi connectivity index (χ1) is 17.5. The number of rotatable bonds is 9. The van der Waals surface area contributed by atoms with Gasteiger partial charge in [0.25, 0.3) is 5.56 Å². The molecule has 9 heteroatoms. The van der Waals surface area contributed by atoms with Crippen LogP contribution in [-0.4, -0.2) is 73.7 Å². The molecule has 0 radical (unpaired) electrons. The second-order valence-electron chi connectivity index (χ2n) is 8.76. The van der Waals surface area contributed by atoms with Gasteiger partial charge in [-0.3, -0.25) is 9.69 Å². The van der Waals surface area contributed by atoms with Crippen molar-refractivity contribution in [1.82, 2.24) is 14.5 Å². The molecule has 3 heterocycles. The highest BCUT2D eigenvalue weighted by Gasteiger charge is 2.32. The summed E-state index contributed by atoms with van der Waals surface area (Å²) >= 11 is 0. The SMILES string of the molecule is COCCn1c(C)cc(O)c([C@H](c2ccc(OC)c(OC)c2)N2CCN(c3ccccn3)CC2)c1=O. The Morgan fingerprint density at radius 3 is 2.39 bits per heavy atom. The Balaban J connectivity index is 1.77. The van der Waals surface area contributed by atoms with Crippen molar-refractivity contribution in [2.45, 2.75) is 19.5 Å². The average molecular weight is 495 g/mol. The molecule has 9 nitrogen and oxygen atoms in total. The zero-order valence-corrected chi connectivity index (χ0v) is 21.3. The van der Waals surface area contributed by atoms with Crippen molar-refractivity contribution in [1.29, 1.82) is 0 Å². The fourth-order valence-corrected chi connectivity index (χ4v) is 4.82. The molecule has 4 rings (SSSR count). The van der Waals surface area contributed by atoms with Gasteiger partial charge < -0.3 is 28.8 Å². The highest BCUT2D eigenvalue weighted by atomic mass is 16.5. The number of benzene rings is 1.